The SMILES string of the molecule is Cl.Nc1cccc2c(Oc3ccc(C(=O)O)c(C(=O)O)c3)cccc12. The number of nitrogen functional groups attached to an aromatic ring is 1. The van der Waals surface area contributed by atoms with E-state index < -0.39 is 11.9 Å². The summed E-state index contributed by atoms with van der Waals surface area (Å²) in [4.78, 5) is 22.3. The number of nitrogens with two attached hydrogens (primary N) is 1. The molecule has 25 heavy (non-hydrogen) atoms. The zero-order valence-electron chi connectivity index (χ0n) is 12.8. The molecule has 0 unspecified atom stereocenters. The number of anilines is 1. The van der Waals surface area contributed by atoms with Crippen LogP contribution in [-0.2, 0) is 0 Å². The molecule has 0 saturated carbocycles. The minimum Gasteiger partial charge on any atom is -0.478 e. The van der Waals surface area contributed by atoms with E-state index in [1.807, 2.05) is 12.1 Å². The Balaban J connectivity index is 0.00000225. The highest BCUT2D eigenvalue weighted by Crippen LogP contribution is 2.33. The Kier molecular flexibility index (Phi) is 5.14. The fourth-order valence-electron chi connectivity index (χ4n) is 2.47. The molecule has 0 aromatic heterocycles. The summed E-state index contributed by atoms with van der Waals surface area (Å²) in [5, 5.41) is 19.8. The van der Waals surface area contributed by atoms with Gasteiger partial charge in [-0.05, 0) is 30.3 Å². The molecule has 3 rings (SSSR count). The van der Waals surface area contributed by atoms with Crippen LogP contribution in [0.4, 0.5) is 5.69 Å². The number of aromatic carboxylic acids is 2. The topological polar surface area (TPSA) is 110 Å². The first-order valence-electron chi connectivity index (χ1n) is 7.03. The quantitative estimate of drug-likeness (QED) is 0.606. The van der Waals surface area contributed by atoms with Crippen LogP contribution in [0, 0.1) is 0 Å². The van der Waals surface area contributed by atoms with Crippen molar-refractivity contribution in [3.63, 3.8) is 0 Å². The molecule has 0 aliphatic heterocycles. The van der Waals surface area contributed by atoms with E-state index in [0.29, 0.717) is 11.4 Å². The van der Waals surface area contributed by atoms with Crippen molar-refractivity contribution in [3.8, 4) is 11.5 Å². The van der Waals surface area contributed by atoms with Crippen LogP contribution in [0.15, 0.2) is 54.6 Å². The van der Waals surface area contributed by atoms with E-state index in [4.69, 9.17) is 15.6 Å². The maximum Gasteiger partial charge on any atom is 0.336 e. The van der Waals surface area contributed by atoms with Crippen LogP contribution in [-0.4, -0.2) is 22.2 Å². The fourth-order valence-corrected chi connectivity index (χ4v) is 2.47. The highest BCUT2D eigenvalue weighted by molar-refractivity contribution is 6.02. The van der Waals surface area contributed by atoms with Crippen molar-refractivity contribution in [3.05, 3.63) is 65.7 Å². The van der Waals surface area contributed by atoms with Crippen molar-refractivity contribution in [2.24, 2.45) is 0 Å². The summed E-state index contributed by atoms with van der Waals surface area (Å²) in [6.45, 7) is 0. The maximum absolute atomic E-state index is 11.3. The summed E-state index contributed by atoms with van der Waals surface area (Å²) in [5.74, 6) is -1.91. The molecule has 3 aromatic carbocycles. The molecule has 0 aliphatic carbocycles. The maximum atomic E-state index is 11.3. The average molecular weight is 360 g/mol. The van der Waals surface area contributed by atoms with Gasteiger partial charge in [-0.3, -0.25) is 0 Å². The molecule has 0 heterocycles. The van der Waals surface area contributed by atoms with Crippen LogP contribution in [0.2, 0.25) is 0 Å². The second-order valence-electron chi connectivity index (χ2n) is 5.12. The van der Waals surface area contributed by atoms with Gasteiger partial charge in [0.15, 0.2) is 0 Å². The number of ether oxygens (including phenoxy) is 1. The van der Waals surface area contributed by atoms with E-state index in [-0.39, 0.29) is 29.3 Å². The van der Waals surface area contributed by atoms with E-state index in [1.165, 1.54) is 18.2 Å². The van der Waals surface area contributed by atoms with Crippen LogP contribution in [0.25, 0.3) is 10.8 Å². The van der Waals surface area contributed by atoms with Crippen molar-refractivity contribution < 1.29 is 24.5 Å². The van der Waals surface area contributed by atoms with Crippen LogP contribution in [0.3, 0.4) is 0 Å². The largest absolute Gasteiger partial charge is 0.478 e. The number of halogens is 1. The Morgan fingerprint density at radius 1 is 0.840 bits per heavy atom. The van der Waals surface area contributed by atoms with Gasteiger partial charge < -0.3 is 20.7 Å². The Morgan fingerprint density at radius 2 is 1.48 bits per heavy atom. The lowest BCUT2D eigenvalue weighted by Crippen LogP contribution is -2.08. The van der Waals surface area contributed by atoms with Gasteiger partial charge in [-0.1, -0.05) is 24.3 Å². The van der Waals surface area contributed by atoms with Gasteiger partial charge in [-0.25, -0.2) is 9.59 Å². The Morgan fingerprint density at radius 3 is 2.16 bits per heavy atom. The first kappa shape index (κ1) is 18.1. The lowest BCUT2D eigenvalue weighted by molar-refractivity contribution is 0.0651. The number of rotatable bonds is 4. The zero-order chi connectivity index (χ0) is 17.3. The van der Waals surface area contributed by atoms with Crippen molar-refractivity contribution in [2.75, 3.05) is 5.73 Å². The van der Waals surface area contributed by atoms with Gasteiger partial charge in [0.1, 0.15) is 11.5 Å². The Bertz CT molecular complexity index is 971. The molecule has 7 heteroatoms. The standard InChI is InChI=1S/C18H13NO5.ClH/c19-15-5-1-4-12-11(15)3-2-6-16(12)24-10-7-8-13(17(20)21)14(9-10)18(22)23;/h1-9H,19H2,(H,20,21)(H,22,23);1H. The van der Waals surface area contributed by atoms with Crippen LogP contribution < -0.4 is 10.5 Å². The molecule has 0 aliphatic rings. The summed E-state index contributed by atoms with van der Waals surface area (Å²) < 4.78 is 5.76. The van der Waals surface area contributed by atoms with Gasteiger partial charge in [0.05, 0.1) is 11.1 Å². The summed E-state index contributed by atoms with van der Waals surface area (Å²) in [5.41, 5.74) is 5.91. The van der Waals surface area contributed by atoms with Gasteiger partial charge in [-0.2, -0.15) is 0 Å². The number of hydrogen-bond donors (Lipinski definition) is 3. The van der Waals surface area contributed by atoms with E-state index in [1.54, 1.807) is 24.3 Å². The van der Waals surface area contributed by atoms with Crippen LogP contribution >= 0.6 is 12.4 Å². The predicted molar refractivity (Wildman–Crippen MR) is 96.0 cm³/mol. The molecule has 0 bridgehead atoms. The molecule has 6 nitrogen and oxygen atoms in total. The van der Waals surface area contributed by atoms with E-state index >= 15 is 0 Å². The van der Waals surface area contributed by atoms with E-state index in [0.717, 1.165) is 10.8 Å². The molecular formula is C18H14ClNO5. The fraction of sp³-hybridized carbons (Fsp3) is 0. The monoisotopic (exact) mass is 359 g/mol. The first-order valence-corrected chi connectivity index (χ1v) is 7.03. The minimum atomic E-state index is -1.33. The summed E-state index contributed by atoms with van der Waals surface area (Å²) in [7, 11) is 0. The van der Waals surface area contributed by atoms with Gasteiger partial charge in [0.25, 0.3) is 0 Å². The molecular weight excluding hydrogens is 346 g/mol. The number of carboxylic acids is 2. The first-order chi connectivity index (χ1) is 11.5. The molecule has 128 valence electrons. The molecule has 0 radical (unpaired) electrons. The number of benzene rings is 3. The Hall–Kier alpha value is -3.25. The van der Waals surface area contributed by atoms with E-state index in [9.17, 15) is 14.7 Å². The lowest BCUT2D eigenvalue weighted by Gasteiger charge is -2.11. The Labute approximate surface area is 148 Å². The second kappa shape index (κ2) is 7.11. The number of fused-ring (bicyclic) bond motifs is 1. The smallest absolute Gasteiger partial charge is 0.336 e. The van der Waals surface area contributed by atoms with Crippen LogP contribution in [0.5, 0.6) is 11.5 Å². The minimum absolute atomic E-state index is 0. The van der Waals surface area contributed by atoms with Gasteiger partial charge in [0, 0.05) is 16.5 Å². The summed E-state index contributed by atoms with van der Waals surface area (Å²) >= 11 is 0. The molecule has 4 N–H and O–H groups in total. The molecule has 0 saturated heterocycles. The number of hydrogen-bond acceptors (Lipinski definition) is 4. The lowest BCUT2D eigenvalue weighted by atomic mass is 10.1. The van der Waals surface area contributed by atoms with Gasteiger partial charge in [0.2, 0.25) is 0 Å². The highest BCUT2D eigenvalue weighted by atomic mass is 35.5. The molecule has 3 aromatic rings. The van der Waals surface area contributed by atoms with E-state index in [2.05, 4.69) is 0 Å². The third-order valence-electron chi connectivity index (χ3n) is 3.60. The highest BCUT2D eigenvalue weighted by Gasteiger charge is 2.17. The summed E-state index contributed by atoms with van der Waals surface area (Å²) in [6, 6.07) is 14.6. The second-order valence-corrected chi connectivity index (χ2v) is 5.12. The molecule has 0 atom stereocenters. The molecule has 0 fully saturated rings. The van der Waals surface area contributed by atoms with Crippen LogP contribution in [0.1, 0.15) is 20.7 Å². The third-order valence-corrected chi connectivity index (χ3v) is 3.60. The van der Waals surface area contributed by atoms with Crippen molar-refractivity contribution in [1.82, 2.24) is 0 Å². The predicted octanol–water partition coefficient (Wildman–Crippen LogP) is 4.03. The van der Waals surface area contributed by atoms with Gasteiger partial charge >= 0.3 is 11.9 Å². The molecule has 0 spiro atoms. The normalized spacial score (nSPS) is 10.1. The van der Waals surface area contributed by atoms with Crippen molar-refractivity contribution in [2.45, 2.75) is 0 Å². The summed E-state index contributed by atoms with van der Waals surface area (Å²) in [6.07, 6.45) is 0. The number of carbonyl (C=O) groups is 2. The van der Waals surface area contributed by atoms with Crippen molar-refractivity contribution in [1.29, 1.82) is 0 Å². The molecule has 0 amide bonds. The van der Waals surface area contributed by atoms with Gasteiger partial charge in [-0.15, -0.1) is 12.4 Å². The third kappa shape index (κ3) is 3.49. The van der Waals surface area contributed by atoms with Crippen molar-refractivity contribution >= 4 is 40.8 Å². The average Bonchev–Trinajstić information content (AvgIpc) is 2.55. The zero-order valence-corrected chi connectivity index (χ0v) is 13.6. The number of carboxylic acid groups (broad SMARTS) is 2.